The molecule has 3 aromatic carbocycles. The highest BCUT2D eigenvalue weighted by molar-refractivity contribution is 6.16. The third-order valence-electron chi connectivity index (χ3n) is 4.08. The van der Waals surface area contributed by atoms with Crippen LogP contribution >= 0.6 is 0 Å². The van der Waals surface area contributed by atoms with Crippen LogP contribution in [0, 0.1) is 13.8 Å². The molecule has 0 aromatic heterocycles. The molecule has 0 saturated carbocycles. The van der Waals surface area contributed by atoms with Crippen LogP contribution in [-0.4, -0.2) is 0 Å². The van der Waals surface area contributed by atoms with Crippen molar-refractivity contribution in [2.45, 2.75) is 13.8 Å². The van der Waals surface area contributed by atoms with Crippen LogP contribution in [0.2, 0.25) is 0 Å². The maximum atomic E-state index is 2.27. The molecule has 0 fully saturated rings. The van der Waals surface area contributed by atoms with Crippen molar-refractivity contribution >= 4 is 10.8 Å². The van der Waals surface area contributed by atoms with Gasteiger partial charge in [-0.25, -0.2) is 0 Å². The first-order valence-corrected chi connectivity index (χ1v) is 6.40. The molecule has 0 heteroatoms. The van der Waals surface area contributed by atoms with Gasteiger partial charge in [0.15, 0.2) is 0 Å². The van der Waals surface area contributed by atoms with Crippen LogP contribution < -0.4 is 0 Å². The van der Waals surface area contributed by atoms with Gasteiger partial charge in [-0.15, -0.1) is 0 Å². The summed E-state index contributed by atoms with van der Waals surface area (Å²) >= 11 is 0. The molecule has 0 nitrogen and oxygen atoms in total. The zero-order chi connectivity index (χ0) is 12.3. The van der Waals surface area contributed by atoms with Crippen LogP contribution in [0.15, 0.2) is 48.5 Å². The number of rotatable bonds is 0. The van der Waals surface area contributed by atoms with Crippen molar-refractivity contribution in [2.75, 3.05) is 0 Å². The Balaban J connectivity index is 2.31. The molecule has 0 bridgehead atoms. The topological polar surface area (TPSA) is 0 Å². The van der Waals surface area contributed by atoms with E-state index in [2.05, 4.69) is 62.4 Å². The van der Waals surface area contributed by atoms with E-state index in [1.807, 2.05) is 0 Å². The lowest BCUT2D eigenvalue weighted by molar-refractivity contribution is 1.47. The molecule has 0 aliphatic heterocycles. The Labute approximate surface area is 107 Å². The number of aryl methyl sites for hydroxylation is 2. The Kier molecular flexibility index (Phi) is 1.78. The number of hydrogen-bond acceptors (Lipinski definition) is 0. The lowest BCUT2D eigenvalue weighted by atomic mass is 9.96. The summed E-state index contributed by atoms with van der Waals surface area (Å²) in [6.07, 6.45) is 0. The van der Waals surface area contributed by atoms with Crippen LogP contribution in [0.4, 0.5) is 0 Å². The third kappa shape index (κ3) is 1.06. The molecule has 0 unspecified atom stereocenters. The monoisotopic (exact) mass is 230 g/mol. The Morgan fingerprint density at radius 1 is 0.500 bits per heavy atom. The van der Waals surface area contributed by atoms with Gasteiger partial charge in [0.25, 0.3) is 0 Å². The molecule has 1 aliphatic rings. The average Bonchev–Trinajstić information content (AvgIpc) is 2.71. The molecular weight excluding hydrogens is 216 g/mol. The van der Waals surface area contributed by atoms with Crippen LogP contribution in [0.3, 0.4) is 0 Å². The van der Waals surface area contributed by atoms with Crippen LogP contribution in [0.5, 0.6) is 0 Å². The van der Waals surface area contributed by atoms with E-state index in [9.17, 15) is 0 Å². The molecule has 3 aromatic rings. The van der Waals surface area contributed by atoms with Crippen LogP contribution in [-0.2, 0) is 0 Å². The molecule has 0 saturated heterocycles. The highest BCUT2D eigenvalue weighted by Gasteiger charge is 2.21. The van der Waals surface area contributed by atoms with Crippen molar-refractivity contribution in [3.05, 3.63) is 59.7 Å². The first-order valence-electron chi connectivity index (χ1n) is 6.40. The fraction of sp³-hybridized carbons (Fsp3) is 0.111. The van der Waals surface area contributed by atoms with Gasteiger partial charge < -0.3 is 0 Å². The Morgan fingerprint density at radius 3 is 1.50 bits per heavy atom. The lowest BCUT2D eigenvalue weighted by Gasteiger charge is -2.08. The molecule has 0 heterocycles. The summed E-state index contributed by atoms with van der Waals surface area (Å²) in [6, 6.07) is 17.8. The molecule has 0 spiro atoms. The van der Waals surface area contributed by atoms with E-state index in [1.54, 1.807) is 0 Å². The number of fused-ring (bicyclic) bond motifs is 3. The van der Waals surface area contributed by atoms with Crippen LogP contribution in [0.1, 0.15) is 11.1 Å². The summed E-state index contributed by atoms with van der Waals surface area (Å²) in [7, 11) is 0. The number of benzene rings is 3. The highest BCUT2D eigenvalue weighted by atomic mass is 14.2. The molecule has 1 aliphatic carbocycles. The van der Waals surface area contributed by atoms with Crippen molar-refractivity contribution in [3.8, 4) is 22.3 Å². The Hall–Kier alpha value is -2.08. The van der Waals surface area contributed by atoms with E-state index in [1.165, 1.54) is 44.2 Å². The average molecular weight is 230 g/mol. The normalized spacial score (nSPS) is 11.9. The summed E-state index contributed by atoms with van der Waals surface area (Å²) in [4.78, 5) is 0. The molecule has 0 atom stereocenters. The van der Waals surface area contributed by atoms with Gasteiger partial charge in [0.05, 0.1) is 0 Å². The fourth-order valence-electron chi connectivity index (χ4n) is 3.27. The van der Waals surface area contributed by atoms with Gasteiger partial charge >= 0.3 is 0 Å². The van der Waals surface area contributed by atoms with E-state index in [-0.39, 0.29) is 0 Å². The van der Waals surface area contributed by atoms with E-state index < -0.39 is 0 Å². The minimum atomic E-state index is 1.38. The molecule has 86 valence electrons. The largest absolute Gasteiger partial charge is 0.0616 e. The van der Waals surface area contributed by atoms with E-state index in [0.29, 0.717) is 0 Å². The van der Waals surface area contributed by atoms with Crippen molar-refractivity contribution < 1.29 is 0 Å². The Morgan fingerprint density at radius 2 is 1.00 bits per heavy atom. The highest BCUT2D eigenvalue weighted by Crippen LogP contribution is 2.48. The van der Waals surface area contributed by atoms with Gasteiger partial charge in [0.2, 0.25) is 0 Å². The second kappa shape index (κ2) is 3.23. The van der Waals surface area contributed by atoms with Crippen LogP contribution in [0.25, 0.3) is 33.0 Å². The van der Waals surface area contributed by atoms with E-state index in [0.717, 1.165) is 0 Å². The fourth-order valence-corrected chi connectivity index (χ4v) is 3.27. The first kappa shape index (κ1) is 9.90. The van der Waals surface area contributed by atoms with Crippen molar-refractivity contribution in [1.82, 2.24) is 0 Å². The maximum Gasteiger partial charge on any atom is -0.00210 e. The van der Waals surface area contributed by atoms with Crippen molar-refractivity contribution in [1.29, 1.82) is 0 Å². The predicted molar refractivity (Wildman–Crippen MR) is 77.9 cm³/mol. The molecule has 0 radical (unpaired) electrons. The van der Waals surface area contributed by atoms with Gasteiger partial charge in [0, 0.05) is 0 Å². The summed E-state index contributed by atoms with van der Waals surface area (Å²) in [5.74, 6) is 0. The molecular formula is C18H14. The summed E-state index contributed by atoms with van der Waals surface area (Å²) in [5.41, 5.74) is 8.29. The van der Waals surface area contributed by atoms with Crippen molar-refractivity contribution in [2.24, 2.45) is 0 Å². The summed E-state index contributed by atoms with van der Waals surface area (Å²) in [6.45, 7) is 4.41. The zero-order valence-corrected chi connectivity index (χ0v) is 10.6. The minimum Gasteiger partial charge on any atom is -0.0616 e. The molecule has 0 N–H and O–H groups in total. The van der Waals surface area contributed by atoms with Gasteiger partial charge in [0.1, 0.15) is 0 Å². The second-order valence-corrected chi connectivity index (χ2v) is 5.16. The predicted octanol–water partition coefficient (Wildman–Crippen LogP) is 5.10. The second-order valence-electron chi connectivity index (χ2n) is 5.16. The van der Waals surface area contributed by atoms with Gasteiger partial charge in [-0.1, -0.05) is 48.5 Å². The first-order chi connectivity index (χ1) is 8.77. The summed E-state index contributed by atoms with van der Waals surface area (Å²) < 4.78 is 0. The smallest absolute Gasteiger partial charge is 0.00210 e. The standard InChI is InChI=1S/C18H14/c1-11-7-9-15-13-5-3-4-6-14(13)16-10-8-12(2)17(11)18(15)16/h3-10H,1-2H3. The van der Waals surface area contributed by atoms with Gasteiger partial charge in [-0.2, -0.15) is 0 Å². The van der Waals surface area contributed by atoms with Gasteiger partial charge in [-0.3, -0.25) is 0 Å². The molecule has 18 heavy (non-hydrogen) atoms. The lowest BCUT2D eigenvalue weighted by Crippen LogP contribution is -1.84. The Bertz CT molecular complexity index is 731. The SMILES string of the molecule is Cc1ccc2c3c(ccc(C)c13)-c1ccccc1-2. The zero-order valence-electron chi connectivity index (χ0n) is 10.6. The van der Waals surface area contributed by atoms with Gasteiger partial charge in [-0.05, 0) is 58.0 Å². The number of hydrogen-bond donors (Lipinski definition) is 0. The minimum absolute atomic E-state index is 1.38. The maximum absolute atomic E-state index is 2.27. The third-order valence-corrected chi connectivity index (χ3v) is 4.08. The molecule has 0 amide bonds. The van der Waals surface area contributed by atoms with E-state index >= 15 is 0 Å². The van der Waals surface area contributed by atoms with Crippen molar-refractivity contribution in [3.63, 3.8) is 0 Å². The summed E-state index contributed by atoms with van der Waals surface area (Å²) in [5, 5.41) is 2.87. The molecule has 4 rings (SSSR count). The van der Waals surface area contributed by atoms with E-state index in [4.69, 9.17) is 0 Å². The quantitative estimate of drug-likeness (QED) is 0.394.